The molecule has 0 aliphatic heterocycles. The third-order valence-electron chi connectivity index (χ3n) is 3.32. The van der Waals surface area contributed by atoms with Crippen molar-refractivity contribution in [3.05, 3.63) is 39.5 Å². The first-order valence-electron chi connectivity index (χ1n) is 7.97. The summed E-state index contributed by atoms with van der Waals surface area (Å²) < 4.78 is 5.54. The van der Waals surface area contributed by atoms with Crippen LogP contribution in [0.1, 0.15) is 35.0 Å². The molecule has 0 aliphatic carbocycles. The van der Waals surface area contributed by atoms with Crippen LogP contribution in [-0.4, -0.2) is 29.1 Å². The van der Waals surface area contributed by atoms with Crippen molar-refractivity contribution >= 4 is 17.3 Å². The van der Waals surface area contributed by atoms with Crippen LogP contribution in [-0.2, 0) is 13.1 Å². The molecule has 2 heterocycles. The van der Waals surface area contributed by atoms with E-state index in [9.17, 15) is 0 Å². The highest BCUT2D eigenvalue weighted by atomic mass is 32.1. The molecule has 0 radical (unpaired) electrons. The molecule has 6 nitrogen and oxygen atoms in total. The lowest BCUT2D eigenvalue weighted by Gasteiger charge is -2.12. The molecule has 130 valence electrons. The maximum atomic E-state index is 5.54. The summed E-state index contributed by atoms with van der Waals surface area (Å²) in [6.45, 7) is 9.39. The Bertz CT molecular complexity index is 659. The Balaban J connectivity index is 1.82. The Morgan fingerprint density at radius 3 is 2.54 bits per heavy atom. The van der Waals surface area contributed by atoms with Gasteiger partial charge in [-0.2, -0.15) is 0 Å². The zero-order valence-electron chi connectivity index (χ0n) is 14.9. The Labute approximate surface area is 147 Å². The highest BCUT2D eigenvalue weighted by molar-refractivity contribution is 7.11. The molecule has 0 saturated carbocycles. The fourth-order valence-electron chi connectivity index (χ4n) is 2.01. The third-order valence-corrected chi connectivity index (χ3v) is 4.39. The van der Waals surface area contributed by atoms with Crippen molar-refractivity contribution in [3.8, 4) is 5.88 Å². The van der Waals surface area contributed by atoms with Crippen molar-refractivity contribution in [1.29, 1.82) is 0 Å². The van der Waals surface area contributed by atoms with E-state index in [1.165, 1.54) is 4.88 Å². The number of nitrogens with one attached hydrogen (secondary N) is 2. The summed E-state index contributed by atoms with van der Waals surface area (Å²) in [6.07, 6.45) is 1.94. The van der Waals surface area contributed by atoms with Crippen LogP contribution in [0.25, 0.3) is 0 Å². The summed E-state index contributed by atoms with van der Waals surface area (Å²) in [6, 6.07) is 3.88. The number of aryl methyl sites for hydroxylation is 2. The number of rotatable bonds is 6. The first kappa shape index (κ1) is 18.2. The predicted molar refractivity (Wildman–Crippen MR) is 98.6 cm³/mol. The number of hydrogen-bond donors (Lipinski definition) is 2. The van der Waals surface area contributed by atoms with Gasteiger partial charge in [-0.05, 0) is 33.3 Å². The first-order chi connectivity index (χ1) is 11.5. The van der Waals surface area contributed by atoms with Gasteiger partial charge in [0.25, 0.3) is 0 Å². The van der Waals surface area contributed by atoms with Gasteiger partial charge in [0, 0.05) is 30.7 Å². The minimum absolute atomic E-state index is 0.127. The normalized spacial score (nSPS) is 11.7. The van der Waals surface area contributed by atoms with Gasteiger partial charge in [-0.15, -0.1) is 11.3 Å². The van der Waals surface area contributed by atoms with Crippen LogP contribution in [0, 0.1) is 13.8 Å². The van der Waals surface area contributed by atoms with Crippen molar-refractivity contribution in [2.45, 2.75) is 46.9 Å². The molecule has 0 aliphatic rings. The van der Waals surface area contributed by atoms with Crippen LogP contribution >= 0.6 is 11.3 Å². The summed E-state index contributed by atoms with van der Waals surface area (Å²) in [7, 11) is 1.76. The molecule has 24 heavy (non-hydrogen) atoms. The molecule has 0 saturated heterocycles. The van der Waals surface area contributed by atoms with Gasteiger partial charge in [-0.3, -0.25) is 4.99 Å². The Morgan fingerprint density at radius 2 is 2.00 bits per heavy atom. The van der Waals surface area contributed by atoms with Crippen molar-refractivity contribution in [2.24, 2.45) is 4.99 Å². The molecule has 0 bridgehead atoms. The topological polar surface area (TPSA) is 71.4 Å². The lowest BCUT2D eigenvalue weighted by Crippen LogP contribution is -2.36. The zero-order chi connectivity index (χ0) is 17.5. The van der Waals surface area contributed by atoms with Crippen LogP contribution < -0.4 is 15.4 Å². The monoisotopic (exact) mass is 347 g/mol. The van der Waals surface area contributed by atoms with E-state index < -0.39 is 0 Å². The number of pyridine rings is 1. The molecule has 0 fully saturated rings. The maximum absolute atomic E-state index is 5.54. The van der Waals surface area contributed by atoms with Crippen molar-refractivity contribution in [3.63, 3.8) is 0 Å². The molecule has 2 N–H and O–H groups in total. The van der Waals surface area contributed by atoms with Crippen LogP contribution in [0.2, 0.25) is 0 Å². The standard InChI is InChI=1S/C17H25N5OS/c1-11(2)23-15-7-6-14(8-19-15)9-20-17(18-5)21-10-16-22-12(3)13(4)24-16/h6-8,11H,9-10H2,1-5H3,(H2,18,20,21). The van der Waals surface area contributed by atoms with Crippen molar-refractivity contribution in [2.75, 3.05) is 7.05 Å². The second-order valence-electron chi connectivity index (χ2n) is 5.70. The van der Waals surface area contributed by atoms with E-state index >= 15 is 0 Å². The molecular weight excluding hydrogens is 322 g/mol. The highest BCUT2D eigenvalue weighted by Gasteiger charge is 2.05. The van der Waals surface area contributed by atoms with E-state index in [2.05, 4.69) is 32.5 Å². The first-order valence-corrected chi connectivity index (χ1v) is 8.78. The van der Waals surface area contributed by atoms with E-state index in [4.69, 9.17) is 4.74 Å². The largest absolute Gasteiger partial charge is 0.475 e. The average Bonchev–Trinajstić information content (AvgIpc) is 2.87. The molecule has 0 unspecified atom stereocenters. The summed E-state index contributed by atoms with van der Waals surface area (Å²) in [5.74, 6) is 1.38. The lowest BCUT2D eigenvalue weighted by molar-refractivity contribution is 0.232. The van der Waals surface area contributed by atoms with Gasteiger partial charge in [0.05, 0.1) is 18.3 Å². The quantitative estimate of drug-likeness (QED) is 0.621. The fraction of sp³-hybridized carbons (Fsp3) is 0.471. The number of nitrogens with zero attached hydrogens (tertiary/aromatic N) is 3. The molecule has 0 aromatic carbocycles. The van der Waals surface area contributed by atoms with Crippen molar-refractivity contribution < 1.29 is 4.74 Å². The number of guanidine groups is 1. The highest BCUT2D eigenvalue weighted by Crippen LogP contribution is 2.15. The van der Waals surface area contributed by atoms with Crippen LogP contribution in [0.3, 0.4) is 0 Å². The summed E-state index contributed by atoms with van der Waals surface area (Å²) >= 11 is 1.71. The number of aliphatic imine (C=N–C) groups is 1. The minimum atomic E-state index is 0.127. The van der Waals surface area contributed by atoms with E-state index in [-0.39, 0.29) is 6.10 Å². The molecule has 2 aromatic heterocycles. The SMILES string of the molecule is CN=C(NCc1ccc(OC(C)C)nc1)NCc1nc(C)c(C)s1. The van der Waals surface area contributed by atoms with Gasteiger partial charge in [-0.25, -0.2) is 9.97 Å². The van der Waals surface area contributed by atoms with Gasteiger partial charge in [0.15, 0.2) is 5.96 Å². The van der Waals surface area contributed by atoms with E-state index in [0.717, 1.165) is 22.2 Å². The lowest BCUT2D eigenvalue weighted by atomic mass is 10.3. The molecular formula is C17H25N5OS. The number of aromatic nitrogens is 2. The predicted octanol–water partition coefficient (Wildman–Crippen LogP) is 2.81. The van der Waals surface area contributed by atoms with Crippen LogP contribution in [0.5, 0.6) is 5.88 Å². The number of ether oxygens (including phenoxy) is 1. The number of thiazole rings is 1. The van der Waals surface area contributed by atoms with Gasteiger partial charge < -0.3 is 15.4 Å². The minimum Gasteiger partial charge on any atom is -0.475 e. The summed E-state index contributed by atoms with van der Waals surface area (Å²) in [4.78, 5) is 14.3. The zero-order valence-corrected chi connectivity index (χ0v) is 15.7. The molecule has 0 spiro atoms. The average molecular weight is 347 g/mol. The van der Waals surface area contributed by atoms with E-state index in [0.29, 0.717) is 19.0 Å². The van der Waals surface area contributed by atoms with Gasteiger partial charge in [0.2, 0.25) is 5.88 Å². The molecule has 2 rings (SSSR count). The van der Waals surface area contributed by atoms with E-state index in [1.54, 1.807) is 18.4 Å². The van der Waals surface area contributed by atoms with Crippen molar-refractivity contribution in [1.82, 2.24) is 20.6 Å². The Kier molecular flexibility index (Phi) is 6.54. The molecule has 0 amide bonds. The van der Waals surface area contributed by atoms with Gasteiger partial charge in [-0.1, -0.05) is 6.07 Å². The maximum Gasteiger partial charge on any atom is 0.213 e. The summed E-state index contributed by atoms with van der Waals surface area (Å²) in [5, 5.41) is 7.61. The van der Waals surface area contributed by atoms with Gasteiger partial charge >= 0.3 is 0 Å². The van der Waals surface area contributed by atoms with Crippen LogP contribution in [0.15, 0.2) is 23.3 Å². The molecule has 7 heteroatoms. The number of hydrogen-bond acceptors (Lipinski definition) is 5. The third kappa shape index (κ3) is 5.49. The molecule has 2 aromatic rings. The Morgan fingerprint density at radius 1 is 1.25 bits per heavy atom. The second kappa shape index (κ2) is 8.63. The smallest absolute Gasteiger partial charge is 0.213 e. The van der Waals surface area contributed by atoms with Gasteiger partial charge in [0.1, 0.15) is 5.01 Å². The second-order valence-corrected chi connectivity index (χ2v) is 6.99. The Hall–Kier alpha value is -2.15. The van der Waals surface area contributed by atoms with E-state index in [1.807, 2.05) is 39.1 Å². The fourth-order valence-corrected chi connectivity index (χ4v) is 2.88. The molecule has 0 atom stereocenters. The van der Waals surface area contributed by atoms with Crippen LogP contribution in [0.4, 0.5) is 0 Å². The summed E-state index contributed by atoms with van der Waals surface area (Å²) in [5.41, 5.74) is 2.16.